The van der Waals surface area contributed by atoms with Crippen molar-refractivity contribution >= 4 is 153 Å². The minimum Gasteiger partial charge on any atom is -0.508 e. The molecule has 12 rings (SSSR count). The van der Waals surface area contributed by atoms with Crippen LogP contribution in [0.3, 0.4) is 0 Å². The van der Waals surface area contributed by atoms with E-state index in [0.29, 0.717) is 19.8 Å². The second-order valence-electron chi connectivity index (χ2n) is 22.3. The van der Waals surface area contributed by atoms with Crippen LogP contribution >= 0.6 is 99.9 Å². The number of phenolic OH excluding ortho intramolecular Hbond substituents is 3. The number of phenols is 3. The number of amides is 3. The fraction of sp³-hybridized carbons (Fsp3) is 0.364. The summed E-state index contributed by atoms with van der Waals surface area (Å²) in [6.07, 6.45) is 5.38. The molecule has 1 fully saturated rings. The largest absolute Gasteiger partial charge is 0.508 e. The van der Waals surface area contributed by atoms with Crippen LogP contribution < -0.4 is 50.2 Å². The molecule has 14 nitrogen and oxygen atoms in total. The van der Waals surface area contributed by atoms with Crippen molar-refractivity contribution in [1.29, 1.82) is 0 Å². The molecule has 1 aliphatic rings. The lowest BCUT2D eigenvalue weighted by Crippen LogP contribution is -2.24. The van der Waals surface area contributed by atoms with Gasteiger partial charge in [-0.15, -0.1) is 48.8 Å². The van der Waals surface area contributed by atoms with Crippen molar-refractivity contribution in [2.75, 3.05) is 74.0 Å². The van der Waals surface area contributed by atoms with Crippen LogP contribution in [0.25, 0.3) is 0 Å². The average molecular weight is 2010 g/mol. The van der Waals surface area contributed by atoms with Gasteiger partial charge in [-0.3, -0.25) is 10.1 Å². The van der Waals surface area contributed by atoms with Gasteiger partial charge in [0.2, 0.25) is 5.91 Å². The van der Waals surface area contributed by atoms with Crippen LogP contribution in [-0.2, 0) is 14.3 Å². The molecule has 1 unspecified atom stereocenters. The Morgan fingerprint density at radius 3 is 0.639 bits per heavy atom. The van der Waals surface area contributed by atoms with Gasteiger partial charge in [-0.25, -0.2) is 4.79 Å². The van der Waals surface area contributed by atoms with Crippen LogP contribution in [0.2, 0.25) is 0 Å². The Labute approximate surface area is 860 Å². The number of hydrogen-bond acceptors (Lipinski definition) is 20. The van der Waals surface area contributed by atoms with Crippen LogP contribution in [0.5, 0.6) is 46.0 Å². The minimum atomic E-state index is -0.446. The molecular formula is C107H175B3N2O12PS8. The van der Waals surface area contributed by atoms with E-state index in [0.717, 1.165) is 61.5 Å². The first-order valence-corrected chi connectivity index (χ1v) is 53.8. The molecule has 133 heavy (non-hydrogen) atoms. The smallest absolute Gasteiger partial charge is 0.322 e. The van der Waals surface area contributed by atoms with Gasteiger partial charge in [0.15, 0.2) is 0 Å². The fourth-order valence-electron chi connectivity index (χ4n) is 8.25. The van der Waals surface area contributed by atoms with E-state index in [1.807, 2.05) is 256 Å². The summed E-state index contributed by atoms with van der Waals surface area (Å²) in [5, 5.41) is 35.6. The van der Waals surface area contributed by atoms with Crippen LogP contribution in [0, 0.1) is 0 Å². The molecule has 11 aromatic carbocycles. The molecule has 1 saturated heterocycles. The van der Waals surface area contributed by atoms with E-state index >= 15 is 0 Å². The monoisotopic (exact) mass is 2010 g/mol. The molecule has 1 atom stereocenters. The lowest BCUT2D eigenvalue weighted by Gasteiger charge is -2.18. The quantitative estimate of drug-likeness (QED) is 0.00900. The maximum Gasteiger partial charge on any atom is 0.322 e. The number of urea groups is 1. The number of rotatable bonds is 21. The first-order valence-electron chi connectivity index (χ1n) is 44.8. The van der Waals surface area contributed by atoms with Crippen LogP contribution in [0.1, 0.15) is 195 Å². The minimum absolute atomic E-state index is 0. The first kappa shape index (κ1) is 148. The Bertz CT molecular complexity index is 3900. The van der Waals surface area contributed by atoms with Crippen LogP contribution in [-0.4, -0.2) is 133 Å². The summed E-state index contributed by atoms with van der Waals surface area (Å²) in [5.41, 5.74) is 0. The molecule has 3 amide bonds. The normalized spacial score (nSPS) is 9.60. The lowest BCUT2D eigenvalue weighted by atomic mass is 10.3. The van der Waals surface area contributed by atoms with Gasteiger partial charge >= 0.3 is 6.03 Å². The molecule has 1 aliphatic heterocycles. The first-order chi connectivity index (χ1) is 63.3. The fourth-order valence-corrected chi connectivity index (χ4v) is 15.5. The number of thioether (sulfide) groups is 2. The van der Waals surface area contributed by atoms with Crippen molar-refractivity contribution in [3.8, 4) is 46.0 Å². The number of carbonyl (C=O) groups excluding carboxylic acids is 2. The predicted octanol–water partition coefficient (Wildman–Crippen LogP) is 33.0. The molecule has 0 bridgehead atoms. The third kappa shape index (κ3) is 83.2. The highest BCUT2D eigenvalue weighted by molar-refractivity contribution is 8.77. The lowest BCUT2D eigenvalue weighted by molar-refractivity contribution is -0.119. The van der Waals surface area contributed by atoms with Gasteiger partial charge in [-0.1, -0.05) is 279 Å². The molecule has 747 valence electrons. The second-order valence-corrected chi connectivity index (χ2v) is 31.9. The second kappa shape index (κ2) is 113. The molecule has 0 saturated carbocycles. The predicted molar refractivity (Wildman–Crippen MR) is 619 cm³/mol. The number of benzene rings is 11. The summed E-state index contributed by atoms with van der Waals surface area (Å²) in [6.45, 7) is 55.4. The standard InChI is InChI=1S/C18H15P.C16H18O2S2.C12H10O2S2.2C9H12OS.C8H10OS.C6H6OS.C4H6N2O2.C3H8.2C2H6O.9C2H6.3B.6H2/c1-4-10-16(11-5-1)19(17-12-6-2-7-13-17)18-14-8-3-9-15-18;1-3-17-13-5-9-15(10-6-13)19-20-16-11-7-14(8-12-16)18-4-2;13-9-1-5-11(6-2-9)15-16-12-7-3-10(14)4-8-12;2*1-3-10-8-4-6-9(11-2)7-5-8;1-2-9-7-3-5-8(10)6-4-7;7-5-1-3-6(8)4-2-5;1-2-3(7)6-4(8)5-2;3*1-3-2;9*1-2;;;;;;;;;/h1-15H;5-12H,3-4H2,1-2H3;1-8,13-14H;2*4-7H,3H2,1-2H3;3-6,10H,2H2,1H3;1-4,7-8H;2H,1H3,(H2,5,6,7,8);3H2,1-2H3;2*1-2H3;9*1-2H3;;;;6*1H/i;;;;;;;;;;;;;;;;;;;;;;;6*1+1. The summed E-state index contributed by atoms with van der Waals surface area (Å²) in [6, 6.07) is 92.6. The number of nitrogens with one attached hydrogen (secondary N) is 2. The van der Waals surface area contributed by atoms with Crippen molar-refractivity contribution in [1.82, 2.24) is 10.6 Å². The van der Waals surface area contributed by atoms with Gasteiger partial charge in [-0.2, -0.15) is 0 Å². The SMILES string of the molecule is CC.CC.CC.CC.CC.CC.CC.CC.CC.CC1NC(=O)NC1=O.CCC.CCOc1ccc(S)cc1.CCOc1ccc(SC)cc1.CCOc1ccc(SC)cc1.CCOc1ccc(SSc2ccc(OCC)cc2)cc1.COC.COC.Oc1ccc(S)cc1.Oc1ccc(SSc2ccc(O)cc2)cc1.[2HH].[2HH].[2HH].[2HH].[2HH].[2HH].[B].[B].[B].c1ccc(P(c2ccccc2)c2ccccc2)cc1. The summed E-state index contributed by atoms with van der Waals surface area (Å²) in [5.74, 6) is 5.22. The molecule has 0 aromatic heterocycles. The number of methoxy groups -OCH3 is 2. The summed E-state index contributed by atoms with van der Waals surface area (Å²) < 4.78 is 35.2. The molecule has 1 heterocycles. The van der Waals surface area contributed by atoms with Crippen LogP contribution in [0.4, 0.5) is 4.79 Å². The van der Waals surface area contributed by atoms with E-state index in [9.17, 15) is 9.59 Å². The highest BCUT2D eigenvalue weighted by atomic mass is 33.1. The number of hydrogen-bond donors (Lipinski definition) is 7. The molecule has 0 aliphatic carbocycles. The maximum atomic E-state index is 10.4. The van der Waals surface area contributed by atoms with Crippen molar-refractivity contribution in [3.05, 3.63) is 285 Å². The van der Waals surface area contributed by atoms with Gasteiger partial charge in [0.1, 0.15) is 52.0 Å². The highest BCUT2D eigenvalue weighted by Gasteiger charge is 2.24. The average Bonchev–Trinajstić information content (AvgIpc) is 1.57. The van der Waals surface area contributed by atoms with Crippen molar-refractivity contribution < 1.29 is 66.6 Å². The molecular weight excluding hydrogens is 1830 g/mol. The third-order valence-electron chi connectivity index (χ3n) is 13.2. The molecule has 11 aromatic rings. The number of aromatic hydroxyl groups is 3. The summed E-state index contributed by atoms with van der Waals surface area (Å²) in [7, 11) is 12.8. The molecule has 9 radical (unpaired) electrons. The summed E-state index contributed by atoms with van der Waals surface area (Å²) in [4.78, 5) is 29.6. The van der Waals surface area contributed by atoms with Gasteiger partial charge in [-0.05, 0) is 272 Å². The van der Waals surface area contributed by atoms with Crippen LogP contribution in [0.15, 0.2) is 324 Å². The molecule has 26 heteroatoms. The van der Waals surface area contributed by atoms with E-state index in [2.05, 4.69) is 211 Å². The zero-order valence-corrected chi connectivity index (χ0v) is 93.6. The number of thiol groups is 2. The number of ether oxygens (including phenoxy) is 7. The van der Waals surface area contributed by atoms with E-state index in [-0.39, 0.29) is 63.0 Å². The van der Waals surface area contributed by atoms with Crippen molar-refractivity contribution in [3.63, 3.8) is 0 Å². The van der Waals surface area contributed by atoms with Gasteiger partial charge in [0, 0.05) is 101 Å². The molecule has 0 spiro atoms. The van der Waals surface area contributed by atoms with Crippen molar-refractivity contribution in [2.45, 2.75) is 232 Å². The van der Waals surface area contributed by atoms with Gasteiger partial charge in [0.05, 0.1) is 33.0 Å². The maximum absolute atomic E-state index is 10.4. The Balaban J connectivity index is -0.0000000790. The Hall–Kier alpha value is -7.90. The number of imide groups is 1. The van der Waals surface area contributed by atoms with E-state index in [1.54, 1.807) is 151 Å². The van der Waals surface area contributed by atoms with E-state index < -0.39 is 14.0 Å². The van der Waals surface area contributed by atoms with E-state index in [1.165, 1.54) is 41.9 Å². The zero-order valence-electron chi connectivity index (χ0n) is 86.0. The highest BCUT2D eigenvalue weighted by Crippen LogP contribution is 2.40. The van der Waals surface area contributed by atoms with Gasteiger partial charge in [0.25, 0.3) is 0 Å². The topological polar surface area (TPSA) is 184 Å². The third-order valence-corrected chi connectivity index (χ3v) is 22.5. The summed E-state index contributed by atoms with van der Waals surface area (Å²) >= 11 is 11.6. The van der Waals surface area contributed by atoms with E-state index in [4.69, 9.17) is 39.0 Å². The zero-order chi connectivity index (χ0) is 100. The number of carbonyl (C=O) groups is 2. The Morgan fingerprint density at radius 2 is 0.481 bits per heavy atom. The van der Waals surface area contributed by atoms with Crippen molar-refractivity contribution in [2.24, 2.45) is 0 Å². The molecule has 5 N–H and O–H groups in total. The van der Waals surface area contributed by atoms with Gasteiger partial charge < -0.3 is 53.8 Å². The Morgan fingerprint density at radius 1 is 0.308 bits per heavy atom. The Kier molecular flexibility index (Phi) is 126.